The third-order valence-electron chi connectivity index (χ3n) is 1.93. The summed E-state index contributed by atoms with van der Waals surface area (Å²) < 4.78 is 12.8. The molecule has 16 heavy (non-hydrogen) atoms. The minimum atomic E-state index is -0.537. The van der Waals surface area contributed by atoms with Gasteiger partial charge in [-0.2, -0.15) is 4.39 Å². The molecule has 2 rings (SSSR count). The number of hydrogen-bond donors (Lipinski definition) is 1. The Balaban J connectivity index is 2.24. The van der Waals surface area contributed by atoms with E-state index in [2.05, 4.69) is 10.3 Å². The molecular weight excluding hydrogens is 250 g/mol. The average molecular weight is 257 g/mol. The summed E-state index contributed by atoms with van der Waals surface area (Å²) in [5.41, 5.74) is 1.34. The lowest BCUT2D eigenvalue weighted by atomic mass is 10.3. The van der Waals surface area contributed by atoms with Crippen LogP contribution in [0.2, 0.25) is 10.0 Å². The van der Waals surface area contributed by atoms with Crippen molar-refractivity contribution in [2.45, 2.75) is 0 Å². The molecule has 0 aliphatic carbocycles. The molecule has 0 radical (unpaired) electrons. The third kappa shape index (κ3) is 2.62. The van der Waals surface area contributed by atoms with E-state index in [0.29, 0.717) is 15.7 Å². The first-order chi connectivity index (χ1) is 7.65. The average Bonchev–Trinajstić information content (AvgIpc) is 2.24. The molecule has 2 nitrogen and oxygen atoms in total. The van der Waals surface area contributed by atoms with E-state index >= 15 is 0 Å². The Kier molecular flexibility index (Phi) is 3.27. The molecule has 1 heterocycles. The summed E-state index contributed by atoms with van der Waals surface area (Å²) in [5.74, 6) is -0.537. The molecule has 0 aliphatic rings. The standard InChI is InChI=1S/C11H7Cl2FN2/c12-9-2-1-7(5-10(9)13)16-8-3-4-15-11(14)6-8/h1-6H,(H,15,16). The number of pyridine rings is 1. The van der Waals surface area contributed by atoms with Gasteiger partial charge in [-0.1, -0.05) is 23.2 Å². The van der Waals surface area contributed by atoms with Crippen molar-refractivity contribution in [1.82, 2.24) is 4.98 Å². The highest BCUT2D eigenvalue weighted by molar-refractivity contribution is 6.42. The fourth-order valence-electron chi connectivity index (χ4n) is 1.22. The van der Waals surface area contributed by atoms with E-state index in [-0.39, 0.29) is 0 Å². The van der Waals surface area contributed by atoms with Gasteiger partial charge < -0.3 is 5.32 Å². The fraction of sp³-hybridized carbons (Fsp3) is 0. The lowest BCUT2D eigenvalue weighted by Gasteiger charge is -2.06. The first kappa shape index (κ1) is 11.2. The van der Waals surface area contributed by atoms with Crippen molar-refractivity contribution in [1.29, 1.82) is 0 Å². The van der Waals surface area contributed by atoms with Gasteiger partial charge in [0.1, 0.15) is 0 Å². The molecule has 0 unspecified atom stereocenters. The maximum Gasteiger partial charge on any atom is 0.214 e. The molecule has 0 bridgehead atoms. The molecular formula is C11H7Cl2FN2. The molecule has 0 aliphatic heterocycles. The van der Waals surface area contributed by atoms with E-state index in [1.165, 1.54) is 12.3 Å². The lowest BCUT2D eigenvalue weighted by molar-refractivity contribution is 0.584. The molecule has 0 saturated carbocycles. The van der Waals surface area contributed by atoms with Gasteiger partial charge in [0.15, 0.2) is 0 Å². The highest BCUT2D eigenvalue weighted by Crippen LogP contribution is 2.26. The zero-order valence-electron chi connectivity index (χ0n) is 8.05. The number of nitrogens with one attached hydrogen (secondary N) is 1. The molecule has 5 heteroatoms. The fourth-order valence-corrected chi connectivity index (χ4v) is 1.52. The molecule has 1 aromatic heterocycles. The summed E-state index contributed by atoms with van der Waals surface area (Å²) in [6, 6.07) is 8.05. The summed E-state index contributed by atoms with van der Waals surface area (Å²) >= 11 is 11.6. The van der Waals surface area contributed by atoms with Gasteiger partial charge in [0, 0.05) is 23.6 Å². The number of aromatic nitrogens is 1. The first-order valence-corrected chi connectivity index (χ1v) is 5.24. The van der Waals surface area contributed by atoms with Crippen molar-refractivity contribution in [2.75, 3.05) is 5.32 Å². The van der Waals surface area contributed by atoms with Crippen molar-refractivity contribution in [3.05, 3.63) is 52.5 Å². The van der Waals surface area contributed by atoms with Gasteiger partial charge in [0.25, 0.3) is 0 Å². The topological polar surface area (TPSA) is 24.9 Å². The van der Waals surface area contributed by atoms with Gasteiger partial charge in [-0.25, -0.2) is 4.98 Å². The molecule has 1 N–H and O–H groups in total. The summed E-state index contributed by atoms with van der Waals surface area (Å²) in [7, 11) is 0. The summed E-state index contributed by atoms with van der Waals surface area (Å²) in [5, 5.41) is 3.91. The van der Waals surface area contributed by atoms with Gasteiger partial charge in [0.2, 0.25) is 5.95 Å². The van der Waals surface area contributed by atoms with Crippen molar-refractivity contribution in [3.63, 3.8) is 0 Å². The Morgan fingerprint density at radius 2 is 1.75 bits per heavy atom. The Labute approximate surface area is 102 Å². The Morgan fingerprint density at radius 3 is 2.44 bits per heavy atom. The Hall–Kier alpha value is -1.32. The normalized spacial score (nSPS) is 10.2. The number of benzene rings is 1. The van der Waals surface area contributed by atoms with E-state index in [1.807, 2.05) is 0 Å². The van der Waals surface area contributed by atoms with Crippen LogP contribution in [-0.2, 0) is 0 Å². The third-order valence-corrected chi connectivity index (χ3v) is 2.67. The van der Waals surface area contributed by atoms with Crippen LogP contribution in [0.3, 0.4) is 0 Å². The second-order valence-corrected chi connectivity index (χ2v) is 3.94. The van der Waals surface area contributed by atoms with Crippen LogP contribution < -0.4 is 5.32 Å². The minimum Gasteiger partial charge on any atom is -0.355 e. The van der Waals surface area contributed by atoms with Crippen LogP contribution >= 0.6 is 23.2 Å². The van der Waals surface area contributed by atoms with Crippen LogP contribution in [0.1, 0.15) is 0 Å². The monoisotopic (exact) mass is 256 g/mol. The summed E-state index contributed by atoms with van der Waals surface area (Å²) in [6.07, 6.45) is 1.38. The van der Waals surface area contributed by atoms with Crippen LogP contribution in [0.5, 0.6) is 0 Å². The highest BCUT2D eigenvalue weighted by Gasteiger charge is 2.00. The van der Waals surface area contributed by atoms with Crippen LogP contribution in [0.15, 0.2) is 36.5 Å². The molecule has 0 spiro atoms. The van der Waals surface area contributed by atoms with Gasteiger partial charge in [0.05, 0.1) is 10.0 Å². The molecule has 0 fully saturated rings. The maximum atomic E-state index is 12.8. The van der Waals surface area contributed by atoms with Crippen molar-refractivity contribution in [3.8, 4) is 0 Å². The predicted molar refractivity (Wildman–Crippen MR) is 63.9 cm³/mol. The van der Waals surface area contributed by atoms with Gasteiger partial charge in [-0.15, -0.1) is 0 Å². The molecule has 0 atom stereocenters. The van der Waals surface area contributed by atoms with Crippen LogP contribution in [-0.4, -0.2) is 4.98 Å². The second kappa shape index (κ2) is 4.68. The highest BCUT2D eigenvalue weighted by atomic mass is 35.5. The van der Waals surface area contributed by atoms with Gasteiger partial charge in [-0.05, 0) is 24.3 Å². The second-order valence-electron chi connectivity index (χ2n) is 3.12. The van der Waals surface area contributed by atoms with Crippen molar-refractivity contribution in [2.24, 2.45) is 0 Å². The summed E-state index contributed by atoms with van der Waals surface area (Å²) in [6.45, 7) is 0. The molecule has 82 valence electrons. The van der Waals surface area contributed by atoms with Crippen molar-refractivity contribution >= 4 is 34.6 Å². The number of anilines is 2. The van der Waals surface area contributed by atoms with Crippen molar-refractivity contribution < 1.29 is 4.39 Å². The number of rotatable bonds is 2. The van der Waals surface area contributed by atoms with E-state index in [9.17, 15) is 4.39 Å². The van der Waals surface area contributed by atoms with E-state index in [1.54, 1.807) is 24.3 Å². The predicted octanol–water partition coefficient (Wildman–Crippen LogP) is 4.27. The van der Waals surface area contributed by atoms with E-state index in [0.717, 1.165) is 5.69 Å². The Bertz CT molecular complexity index is 517. The van der Waals surface area contributed by atoms with Gasteiger partial charge >= 0.3 is 0 Å². The van der Waals surface area contributed by atoms with E-state index in [4.69, 9.17) is 23.2 Å². The van der Waals surface area contributed by atoms with Crippen LogP contribution in [0.4, 0.5) is 15.8 Å². The number of hydrogen-bond acceptors (Lipinski definition) is 2. The molecule has 0 saturated heterocycles. The minimum absolute atomic E-state index is 0.446. The zero-order chi connectivity index (χ0) is 11.5. The zero-order valence-corrected chi connectivity index (χ0v) is 9.56. The van der Waals surface area contributed by atoms with E-state index < -0.39 is 5.95 Å². The van der Waals surface area contributed by atoms with Crippen LogP contribution in [0.25, 0.3) is 0 Å². The molecule has 1 aromatic carbocycles. The van der Waals surface area contributed by atoms with Crippen LogP contribution in [0, 0.1) is 5.95 Å². The maximum absolute atomic E-state index is 12.8. The van der Waals surface area contributed by atoms with Gasteiger partial charge in [-0.3, -0.25) is 0 Å². The lowest BCUT2D eigenvalue weighted by Crippen LogP contribution is -1.92. The summed E-state index contributed by atoms with van der Waals surface area (Å²) in [4.78, 5) is 3.46. The smallest absolute Gasteiger partial charge is 0.214 e. The number of halogens is 3. The first-order valence-electron chi connectivity index (χ1n) is 4.49. The number of nitrogens with zero attached hydrogens (tertiary/aromatic N) is 1. The Morgan fingerprint density at radius 1 is 1.00 bits per heavy atom. The molecule has 0 amide bonds. The largest absolute Gasteiger partial charge is 0.355 e. The molecule has 2 aromatic rings. The quantitative estimate of drug-likeness (QED) is 0.812. The SMILES string of the molecule is Fc1cc(Nc2ccc(Cl)c(Cl)c2)ccn1.